The third-order valence-electron chi connectivity index (χ3n) is 3.53. The molecule has 0 aromatic carbocycles. The fourth-order valence-corrected chi connectivity index (χ4v) is 3.63. The highest BCUT2D eigenvalue weighted by Gasteiger charge is 2.39. The van der Waals surface area contributed by atoms with Crippen LogP contribution in [-0.2, 0) is 18.8 Å². The highest BCUT2D eigenvalue weighted by molar-refractivity contribution is 7.11. The maximum absolute atomic E-state index is 6.03. The molecular weight excluding hydrogens is 275 g/mol. The maximum Gasteiger partial charge on any atom is 0.495 e. The maximum atomic E-state index is 6.03. The van der Waals surface area contributed by atoms with Crippen LogP contribution in [0.25, 0.3) is 0 Å². The van der Waals surface area contributed by atoms with Crippen molar-refractivity contribution < 1.29 is 18.8 Å². The van der Waals surface area contributed by atoms with E-state index in [0.29, 0.717) is 0 Å². The fourth-order valence-electron chi connectivity index (χ4n) is 2.73. The Hall–Kier alpha value is -0.395. The smallest absolute Gasteiger partial charge is 0.405 e. The van der Waals surface area contributed by atoms with Gasteiger partial charge < -0.3 is 18.8 Å². The molecule has 0 unspecified atom stereocenters. The standard InChI is InChI=1S/C14H21BO4S/c1-10-8-14(2,3)19-15(18-10)11-7-12(20-9-11)13-16-5-4-6-17-13/h7,9-10,13H,4-6,8H2,1-3H3/t10-/m0/s1. The average Bonchev–Trinajstić information content (AvgIpc) is 2.87. The van der Waals surface area contributed by atoms with E-state index in [2.05, 4.69) is 32.2 Å². The van der Waals surface area contributed by atoms with Crippen LogP contribution in [0.3, 0.4) is 0 Å². The minimum absolute atomic E-state index is 0.151. The Kier molecular flexibility index (Phi) is 4.20. The van der Waals surface area contributed by atoms with Crippen molar-refractivity contribution in [2.45, 2.75) is 51.6 Å². The van der Waals surface area contributed by atoms with Gasteiger partial charge in [-0.15, -0.1) is 11.3 Å². The van der Waals surface area contributed by atoms with Gasteiger partial charge >= 0.3 is 7.12 Å². The lowest BCUT2D eigenvalue weighted by Crippen LogP contribution is -2.51. The lowest BCUT2D eigenvalue weighted by atomic mass is 9.76. The van der Waals surface area contributed by atoms with E-state index in [1.54, 1.807) is 11.3 Å². The fraction of sp³-hybridized carbons (Fsp3) is 0.714. The Bertz CT molecular complexity index is 456. The van der Waals surface area contributed by atoms with Crippen LogP contribution < -0.4 is 5.46 Å². The Morgan fingerprint density at radius 3 is 2.75 bits per heavy atom. The zero-order chi connectivity index (χ0) is 14.2. The number of hydrogen-bond acceptors (Lipinski definition) is 5. The van der Waals surface area contributed by atoms with Crippen molar-refractivity contribution in [3.8, 4) is 0 Å². The van der Waals surface area contributed by atoms with Crippen LogP contribution in [0.4, 0.5) is 0 Å². The summed E-state index contributed by atoms with van der Waals surface area (Å²) in [4.78, 5) is 1.09. The van der Waals surface area contributed by atoms with E-state index in [1.165, 1.54) is 0 Å². The van der Waals surface area contributed by atoms with Gasteiger partial charge in [0.25, 0.3) is 0 Å². The van der Waals surface area contributed by atoms with Gasteiger partial charge in [0.15, 0.2) is 6.29 Å². The molecule has 110 valence electrons. The summed E-state index contributed by atoms with van der Waals surface area (Å²) < 4.78 is 23.2. The van der Waals surface area contributed by atoms with Crippen molar-refractivity contribution in [3.05, 3.63) is 16.3 Å². The van der Waals surface area contributed by atoms with Crippen LogP contribution in [0.2, 0.25) is 0 Å². The number of thiophene rings is 1. The average molecular weight is 296 g/mol. The Labute approximate surface area is 124 Å². The van der Waals surface area contributed by atoms with Gasteiger partial charge in [-0.05, 0) is 50.5 Å². The summed E-state index contributed by atoms with van der Waals surface area (Å²) in [6, 6.07) is 2.08. The third kappa shape index (κ3) is 3.26. The molecular formula is C14H21BO4S. The Morgan fingerprint density at radius 2 is 2.05 bits per heavy atom. The van der Waals surface area contributed by atoms with Crippen LogP contribution in [0.1, 0.15) is 44.8 Å². The molecule has 1 aromatic heterocycles. The third-order valence-corrected chi connectivity index (χ3v) is 4.51. The SMILES string of the molecule is C[C@H]1CC(C)(C)OB(c2csc(C3OCCCO3)c2)O1. The molecule has 4 nitrogen and oxygen atoms in total. The summed E-state index contributed by atoms with van der Waals surface area (Å²) in [7, 11) is -0.289. The first-order chi connectivity index (χ1) is 9.53. The molecule has 2 fully saturated rings. The molecule has 3 heterocycles. The normalized spacial score (nSPS) is 27.8. The van der Waals surface area contributed by atoms with Crippen molar-refractivity contribution in [1.29, 1.82) is 0 Å². The highest BCUT2D eigenvalue weighted by Crippen LogP contribution is 2.29. The number of ether oxygens (including phenoxy) is 2. The van der Waals surface area contributed by atoms with Crippen LogP contribution in [-0.4, -0.2) is 32.0 Å². The summed E-state index contributed by atoms with van der Waals surface area (Å²) in [6.07, 6.45) is 1.86. The molecule has 3 rings (SSSR count). The lowest BCUT2D eigenvalue weighted by Gasteiger charge is -2.38. The Morgan fingerprint density at radius 1 is 1.30 bits per heavy atom. The zero-order valence-electron chi connectivity index (χ0n) is 12.3. The summed E-state index contributed by atoms with van der Waals surface area (Å²) in [5.74, 6) is 0. The largest absolute Gasteiger partial charge is 0.495 e. The summed E-state index contributed by atoms with van der Waals surface area (Å²) in [5, 5.41) is 2.08. The van der Waals surface area contributed by atoms with Gasteiger partial charge in [0, 0.05) is 6.10 Å². The first kappa shape index (κ1) is 14.5. The van der Waals surface area contributed by atoms with E-state index in [4.69, 9.17) is 18.8 Å². The predicted molar refractivity (Wildman–Crippen MR) is 79.3 cm³/mol. The quantitative estimate of drug-likeness (QED) is 0.786. The molecule has 1 atom stereocenters. The molecule has 20 heavy (non-hydrogen) atoms. The predicted octanol–water partition coefficient (Wildman–Crippen LogP) is 2.48. The van der Waals surface area contributed by atoms with Crippen molar-refractivity contribution >= 4 is 23.9 Å². The topological polar surface area (TPSA) is 36.9 Å². The van der Waals surface area contributed by atoms with Crippen molar-refractivity contribution in [3.63, 3.8) is 0 Å². The van der Waals surface area contributed by atoms with E-state index in [1.807, 2.05) is 0 Å². The molecule has 0 amide bonds. The molecule has 2 saturated heterocycles. The van der Waals surface area contributed by atoms with E-state index < -0.39 is 0 Å². The van der Waals surface area contributed by atoms with Gasteiger partial charge in [0.2, 0.25) is 0 Å². The van der Waals surface area contributed by atoms with E-state index >= 15 is 0 Å². The zero-order valence-corrected chi connectivity index (χ0v) is 13.1. The summed E-state index contributed by atoms with van der Waals surface area (Å²) in [5.41, 5.74) is 0.907. The second-order valence-electron chi connectivity index (χ2n) is 6.07. The van der Waals surface area contributed by atoms with Gasteiger partial charge in [-0.25, -0.2) is 0 Å². The first-order valence-corrected chi connectivity index (χ1v) is 8.06. The molecule has 0 spiro atoms. The lowest BCUT2D eigenvalue weighted by molar-refractivity contribution is -0.181. The van der Waals surface area contributed by atoms with Gasteiger partial charge in [-0.1, -0.05) is 0 Å². The van der Waals surface area contributed by atoms with Crippen LogP contribution in [0.15, 0.2) is 11.4 Å². The molecule has 0 aliphatic carbocycles. The van der Waals surface area contributed by atoms with E-state index in [9.17, 15) is 0 Å². The van der Waals surface area contributed by atoms with Gasteiger partial charge in [-0.3, -0.25) is 0 Å². The number of hydrogen-bond donors (Lipinski definition) is 0. The van der Waals surface area contributed by atoms with Gasteiger partial charge in [-0.2, -0.15) is 0 Å². The van der Waals surface area contributed by atoms with E-state index in [0.717, 1.165) is 36.4 Å². The summed E-state index contributed by atoms with van der Waals surface area (Å²) >= 11 is 1.64. The Balaban J connectivity index is 1.72. The van der Waals surface area contributed by atoms with E-state index in [-0.39, 0.29) is 25.1 Å². The molecule has 6 heteroatoms. The monoisotopic (exact) mass is 296 g/mol. The van der Waals surface area contributed by atoms with Crippen LogP contribution >= 0.6 is 11.3 Å². The first-order valence-electron chi connectivity index (χ1n) is 7.18. The second kappa shape index (κ2) is 5.77. The molecule has 0 saturated carbocycles. The van der Waals surface area contributed by atoms with Gasteiger partial charge in [0.1, 0.15) is 0 Å². The van der Waals surface area contributed by atoms with Gasteiger partial charge in [0.05, 0.1) is 23.7 Å². The van der Waals surface area contributed by atoms with Crippen molar-refractivity contribution in [2.24, 2.45) is 0 Å². The van der Waals surface area contributed by atoms with Crippen molar-refractivity contribution in [2.75, 3.05) is 13.2 Å². The molecule has 1 aromatic rings. The summed E-state index contributed by atoms with van der Waals surface area (Å²) in [6.45, 7) is 7.84. The van der Waals surface area contributed by atoms with Crippen molar-refractivity contribution in [1.82, 2.24) is 0 Å². The molecule has 2 aliphatic heterocycles. The minimum Gasteiger partial charge on any atom is -0.405 e. The highest BCUT2D eigenvalue weighted by atomic mass is 32.1. The minimum atomic E-state index is -0.289. The molecule has 0 radical (unpaired) electrons. The molecule has 0 N–H and O–H groups in total. The van der Waals surface area contributed by atoms with Crippen LogP contribution in [0.5, 0.6) is 0 Å². The molecule has 2 aliphatic rings. The molecule has 0 bridgehead atoms. The number of rotatable bonds is 2. The second-order valence-corrected chi connectivity index (χ2v) is 7.01. The van der Waals surface area contributed by atoms with Crippen LogP contribution in [0, 0.1) is 0 Å².